The lowest BCUT2D eigenvalue weighted by molar-refractivity contribution is 0.00913. The van der Waals surface area contributed by atoms with Crippen molar-refractivity contribution in [2.45, 2.75) is 58.5 Å². The lowest BCUT2D eigenvalue weighted by Crippen LogP contribution is -2.41. The summed E-state index contributed by atoms with van der Waals surface area (Å²) in [4.78, 5) is 0. The van der Waals surface area contributed by atoms with E-state index in [4.69, 9.17) is 4.42 Å². The van der Waals surface area contributed by atoms with Crippen molar-refractivity contribution < 1.29 is 9.52 Å². The van der Waals surface area contributed by atoms with Crippen molar-refractivity contribution in [1.82, 2.24) is 0 Å². The molecule has 114 valence electrons. The number of hydrogen-bond donors (Lipinski definition) is 1. The molecule has 1 saturated carbocycles. The van der Waals surface area contributed by atoms with Crippen LogP contribution in [0, 0.1) is 18.8 Å². The van der Waals surface area contributed by atoms with E-state index in [0.717, 1.165) is 29.6 Å². The van der Waals surface area contributed by atoms with Gasteiger partial charge in [0.25, 0.3) is 0 Å². The molecule has 3 rings (SSSR count). The van der Waals surface area contributed by atoms with Crippen LogP contribution in [0.25, 0.3) is 11.0 Å². The van der Waals surface area contributed by atoms with Crippen molar-refractivity contribution in [2.24, 2.45) is 11.8 Å². The van der Waals surface area contributed by atoms with Gasteiger partial charge in [-0.05, 0) is 43.2 Å². The van der Waals surface area contributed by atoms with E-state index in [2.05, 4.69) is 52.0 Å². The minimum absolute atomic E-state index is 0.134. The summed E-state index contributed by atoms with van der Waals surface area (Å²) >= 11 is 0. The van der Waals surface area contributed by atoms with Crippen LogP contribution >= 0.6 is 0 Å². The number of furan rings is 1. The monoisotopic (exact) mass is 286 g/mol. The van der Waals surface area contributed by atoms with Gasteiger partial charge in [0.2, 0.25) is 0 Å². The van der Waals surface area contributed by atoms with E-state index in [1.54, 1.807) is 0 Å². The normalized spacial score (nSPS) is 27.2. The molecule has 3 atom stereocenters. The van der Waals surface area contributed by atoms with Gasteiger partial charge in [-0.1, -0.05) is 45.4 Å². The summed E-state index contributed by atoms with van der Waals surface area (Å²) in [7, 11) is 0. The maximum atomic E-state index is 10.5. The number of fused-ring (bicyclic) bond motifs is 1. The zero-order valence-corrected chi connectivity index (χ0v) is 13.5. The van der Waals surface area contributed by atoms with Gasteiger partial charge in [0.15, 0.2) is 0 Å². The first kappa shape index (κ1) is 14.6. The predicted octanol–water partition coefficient (Wildman–Crippen LogP) is 4.82. The smallest absolute Gasteiger partial charge is 0.137 e. The Balaban J connectivity index is 1.97. The molecule has 0 radical (unpaired) electrons. The van der Waals surface area contributed by atoms with Gasteiger partial charge in [0, 0.05) is 10.8 Å². The molecule has 1 N–H and O–H groups in total. The Morgan fingerprint density at radius 3 is 2.67 bits per heavy atom. The molecule has 0 spiro atoms. The molecule has 1 aliphatic rings. The number of rotatable bonds is 2. The first-order chi connectivity index (χ1) is 9.89. The van der Waals surface area contributed by atoms with E-state index >= 15 is 0 Å². The third-order valence-corrected chi connectivity index (χ3v) is 5.38. The summed E-state index contributed by atoms with van der Waals surface area (Å²) in [6.45, 7) is 8.74. The molecule has 0 bridgehead atoms. The maximum absolute atomic E-state index is 10.5. The van der Waals surface area contributed by atoms with Crippen molar-refractivity contribution in [2.75, 3.05) is 0 Å². The van der Waals surface area contributed by atoms with E-state index < -0.39 is 0 Å². The van der Waals surface area contributed by atoms with Crippen molar-refractivity contribution in [3.05, 3.63) is 35.6 Å². The largest absolute Gasteiger partial charge is 0.460 e. The van der Waals surface area contributed by atoms with Crippen LogP contribution in [0.4, 0.5) is 0 Å². The molecule has 2 heteroatoms. The third-order valence-electron chi connectivity index (χ3n) is 5.38. The van der Waals surface area contributed by atoms with Crippen LogP contribution in [0.3, 0.4) is 0 Å². The highest BCUT2D eigenvalue weighted by Crippen LogP contribution is 2.44. The highest BCUT2D eigenvalue weighted by atomic mass is 16.3. The standard InChI is InChI=1S/C19H26O2/c1-12-8-9-15(16(20)10-12)19(3,4)17-11-14-7-5-6-13(2)18(14)21-17/h5-7,11-12,15-16,20H,8-10H2,1-4H3. The maximum Gasteiger partial charge on any atom is 0.137 e. The molecule has 1 heterocycles. The Kier molecular flexibility index (Phi) is 3.61. The fourth-order valence-electron chi connectivity index (χ4n) is 3.90. The van der Waals surface area contributed by atoms with E-state index in [0.29, 0.717) is 5.92 Å². The van der Waals surface area contributed by atoms with Crippen molar-refractivity contribution in [3.8, 4) is 0 Å². The lowest BCUT2D eigenvalue weighted by Gasteiger charge is -2.40. The van der Waals surface area contributed by atoms with Crippen LogP contribution in [0.15, 0.2) is 28.7 Å². The second-order valence-corrected chi connectivity index (χ2v) is 7.42. The molecular weight excluding hydrogens is 260 g/mol. The first-order valence-corrected chi connectivity index (χ1v) is 8.07. The van der Waals surface area contributed by atoms with Crippen LogP contribution < -0.4 is 0 Å². The van der Waals surface area contributed by atoms with Crippen LogP contribution in [-0.4, -0.2) is 11.2 Å². The van der Waals surface area contributed by atoms with Gasteiger partial charge >= 0.3 is 0 Å². The van der Waals surface area contributed by atoms with Crippen LogP contribution in [-0.2, 0) is 5.41 Å². The van der Waals surface area contributed by atoms with Gasteiger partial charge < -0.3 is 9.52 Å². The molecule has 2 nitrogen and oxygen atoms in total. The van der Waals surface area contributed by atoms with E-state index in [1.807, 2.05) is 0 Å². The molecule has 3 unspecified atom stereocenters. The molecule has 21 heavy (non-hydrogen) atoms. The second kappa shape index (κ2) is 5.17. The number of aryl methyl sites for hydroxylation is 1. The van der Waals surface area contributed by atoms with Crippen LogP contribution in [0.5, 0.6) is 0 Å². The molecule has 1 aromatic carbocycles. The topological polar surface area (TPSA) is 33.4 Å². The molecule has 1 aromatic heterocycles. The van der Waals surface area contributed by atoms with Gasteiger partial charge in [-0.15, -0.1) is 0 Å². The molecule has 2 aromatic rings. The average Bonchev–Trinajstić information content (AvgIpc) is 2.84. The van der Waals surface area contributed by atoms with Gasteiger partial charge in [0.1, 0.15) is 11.3 Å². The zero-order chi connectivity index (χ0) is 15.2. The van der Waals surface area contributed by atoms with Crippen molar-refractivity contribution in [3.63, 3.8) is 0 Å². The quantitative estimate of drug-likeness (QED) is 0.859. The summed E-state index contributed by atoms with van der Waals surface area (Å²) in [6.07, 6.45) is 2.96. The Morgan fingerprint density at radius 1 is 1.24 bits per heavy atom. The summed E-state index contributed by atoms with van der Waals surface area (Å²) in [6, 6.07) is 8.42. The lowest BCUT2D eigenvalue weighted by atomic mass is 9.66. The van der Waals surface area contributed by atoms with E-state index in [1.165, 1.54) is 12.0 Å². The fourth-order valence-corrected chi connectivity index (χ4v) is 3.90. The first-order valence-electron chi connectivity index (χ1n) is 8.07. The van der Waals surface area contributed by atoms with Crippen molar-refractivity contribution >= 4 is 11.0 Å². The van der Waals surface area contributed by atoms with Gasteiger partial charge in [-0.25, -0.2) is 0 Å². The third kappa shape index (κ3) is 2.50. The minimum Gasteiger partial charge on any atom is -0.460 e. The molecular formula is C19H26O2. The van der Waals surface area contributed by atoms with Gasteiger partial charge in [0.05, 0.1) is 6.10 Å². The van der Waals surface area contributed by atoms with Crippen LogP contribution in [0.2, 0.25) is 0 Å². The number of aliphatic hydroxyl groups excluding tert-OH is 1. The molecule has 1 aliphatic carbocycles. The average molecular weight is 286 g/mol. The molecule has 0 saturated heterocycles. The van der Waals surface area contributed by atoms with E-state index in [-0.39, 0.29) is 17.4 Å². The summed E-state index contributed by atoms with van der Waals surface area (Å²) in [5.74, 6) is 1.91. The second-order valence-electron chi connectivity index (χ2n) is 7.42. The number of hydrogen-bond acceptors (Lipinski definition) is 2. The number of para-hydroxylation sites is 1. The molecule has 1 fully saturated rings. The Morgan fingerprint density at radius 2 is 2.00 bits per heavy atom. The van der Waals surface area contributed by atoms with Crippen molar-refractivity contribution in [1.29, 1.82) is 0 Å². The van der Waals surface area contributed by atoms with Crippen LogP contribution in [0.1, 0.15) is 51.4 Å². The Bertz CT molecular complexity index is 638. The Hall–Kier alpha value is -1.28. The number of benzene rings is 1. The Labute approximate surface area is 127 Å². The highest BCUT2D eigenvalue weighted by molar-refractivity contribution is 5.81. The van der Waals surface area contributed by atoms with Gasteiger partial charge in [-0.2, -0.15) is 0 Å². The molecule has 0 amide bonds. The van der Waals surface area contributed by atoms with Gasteiger partial charge in [-0.3, -0.25) is 0 Å². The van der Waals surface area contributed by atoms with E-state index in [9.17, 15) is 5.11 Å². The summed E-state index contributed by atoms with van der Waals surface area (Å²) in [5, 5.41) is 11.7. The zero-order valence-electron chi connectivity index (χ0n) is 13.5. The predicted molar refractivity (Wildman–Crippen MR) is 86.5 cm³/mol. The molecule has 0 aliphatic heterocycles. The summed E-state index contributed by atoms with van der Waals surface area (Å²) in [5.41, 5.74) is 2.02. The SMILES string of the molecule is Cc1cccc2cc(C(C)(C)C3CCC(C)CC3O)oc12. The highest BCUT2D eigenvalue weighted by Gasteiger charge is 2.41. The number of aliphatic hydroxyl groups is 1. The fraction of sp³-hybridized carbons (Fsp3) is 0.579. The summed E-state index contributed by atoms with van der Waals surface area (Å²) < 4.78 is 6.18. The minimum atomic E-state index is -0.224.